The summed E-state index contributed by atoms with van der Waals surface area (Å²) in [5.74, 6) is -2.55. The molecule has 1 aromatic carbocycles. The first-order chi connectivity index (χ1) is 6.99. The molecule has 0 fully saturated rings. The first-order valence-electron chi connectivity index (χ1n) is 4.40. The second-order valence-corrected chi connectivity index (χ2v) is 2.98. The van der Waals surface area contributed by atoms with Gasteiger partial charge in [0.2, 0.25) is 0 Å². The van der Waals surface area contributed by atoms with Crippen LogP contribution in [0.4, 0.5) is 14.5 Å². The Kier molecular flexibility index (Phi) is 3.24. The lowest BCUT2D eigenvalue weighted by Crippen LogP contribution is -2.10. The molecule has 0 unspecified atom stereocenters. The molecule has 0 saturated carbocycles. The van der Waals surface area contributed by atoms with Crippen LogP contribution >= 0.6 is 0 Å². The number of benzene rings is 1. The Morgan fingerprint density at radius 2 is 2.13 bits per heavy atom. The maximum absolute atomic E-state index is 13.5. The third-order valence-corrected chi connectivity index (χ3v) is 1.99. The van der Waals surface area contributed by atoms with Crippen LogP contribution < -0.4 is 5.73 Å². The summed E-state index contributed by atoms with van der Waals surface area (Å²) in [6.07, 6.45) is 0. The van der Waals surface area contributed by atoms with Crippen molar-refractivity contribution >= 4 is 11.7 Å². The summed E-state index contributed by atoms with van der Waals surface area (Å²) in [5, 5.41) is 0. The molecular formula is C10H11F2NO2. The summed E-state index contributed by atoms with van der Waals surface area (Å²) in [4.78, 5) is 11.2. The quantitative estimate of drug-likeness (QED) is 0.606. The average molecular weight is 215 g/mol. The van der Waals surface area contributed by atoms with Crippen LogP contribution in [0.5, 0.6) is 0 Å². The number of rotatable bonds is 2. The van der Waals surface area contributed by atoms with Crippen molar-refractivity contribution in [2.75, 3.05) is 12.3 Å². The van der Waals surface area contributed by atoms with Gasteiger partial charge in [-0.25, -0.2) is 13.6 Å². The van der Waals surface area contributed by atoms with Gasteiger partial charge < -0.3 is 10.5 Å². The Bertz CT molecular complexity index is 405. The van der Waals surface area contributed by atoms with Crippen molar-refractivity contribution < 1.29 is 18.3 Å². The van der Waals surface area contributed by atoms with Gasteiger partial charge in [0.1, 0.15) is 11.6 Å². The van der Waals surface area contributed by atoms with Gasteiger partial charge >= 0.3 is 5.97 Å². The first-order valence-corrected chi connectivity index (χ1v) is 4.40. The number of hydrogen-bond donors (Lipinski definition) is 1. The van der Waals surface area contributed by atoms with Gasteiger partial charge in [0.15, 0.2) is 0 Å². The Morgan fingerprint density at radius 1 is 1.53 bits per heavy atom. The fraction of sp³-hybridized carbons (Fsp3) is 0.300. The maximum Gasteiger partial charge on any atom is 0.341 e. The molecule has 15 heavy (non-hydrogen) atoms. The van der Waals surface area contributed by atoms with E-state index < -0.39 is 23.2 Å². The average Bonchev–Trinajstić information content (AvgIpc) is 2.20. The molecule has 0 saturated heterocycles. The Balaban J connectivity index is 3.26. The number of ether oxygens (including phenoxy) is 1. The zero-order valence-corrected chi connectivity index (χ0v) is 8.43. The van der Waals surface area contributed by atoms with E-state index in [2.05, 4.69) is 4.74 Å². The molecule has 0 spiro atoms. The molecule has 0 bridgehead atoms. The molecule has 0 radical (unpaired) electrons. The maximum atomic E-state index is 13.5. The molecule has 0 aliphatic heterocycles. The fourth-order valence-corrected chi connectivity index (χ4v) is 1.12. The molecule has 82 valence electrons. The highest BCUT2D eigenvalue weighted by molar-refractivity contribution is 5.90. The fourth-order valence-electron chi connectivity index (χ4n) is 1.12. The van der Waals surface area contributed by atoms with Crippen molar-refractivity contribution in [3.8, 4) is 0 Å². The highest BCUT2D eigenvalue weighted by Crippen LogP contribution is 2.23. The number of esters is 1. The third kappa shape index (κ3) is 2.06. The van der Waals surface area contributed by atoms with Crippen molar-refractivity contribution in [2.45, 2.75) is 13.8 Å². The lowest BCUT2D eigenvalue weighted by molar-refractivity contribution is 0.0520. The van der Waals surface area contributed by atoms with E-state index in [4.69, 9.17) is 5.73 Å². The van der Waals surface area contributed by atoms with Gasteiger partial charge in [0.05, 0.1) is 17.9 Å². The molecule has 0 aliphatic carbocycles. The highest BCUT2D eigenvalue weighted by Gasteiger charge is 2.19. The van der Waals surface area contributed by atoms with E-state index in [0.29, 0.717) is 0 Å². The predicted octanol–water partition coefficient (Wildman–Crippen LogP) is 2.03. The summed E-state index contributed by atoms with van der Waals surface area (Å²) in [6, 6.07) is 0.746. The van der Waals surface area contributed by atoms with E-state index >= 15 is 0 Å². The van der Waals surface area contributed by atoms with E-state index in [0.717, 1.165) is 6.07 Å². The van der Waals surface area contributed by atoms with Crippen LogP contribution in [-0.2, 0) is 4.74 Å². The van der Waals surface area contributed by atoms with Gasteiger partial charge in [-0.1, -0.05) is 0 Å². The highest BCUT2D eigenvalue weighted by atomic mass is 19.1. The predicted molar refractivity (Wildman–Crippen MR) is 51.5 cm³/mol. The molecule has 3 nitrogen and oxygen atoms in total. The van der Waals surface area contributed by atoms with Crippen molar-refractivity contribution in [3.05, 3.63) is 28.8 Å². The smallest absolute Gasteiger partial charge is 0.341 e. The summed E-state index contributed by atoms with van der Waals surface area (Å²) in [5.41, 5.74) is 4.45. The lowest BCUT2D eigenvalue weighted by Gasteiger charge is -2.08. The van der Waals surface area contributed by atoms with Gasteiger partial charge in [-0.05, 0) is 19.9 Å². The van der Waals surface area contributed by atoms with Gasteiger partial charge in [-0.3, -0.25) is 0 Å². The van der Waals surface area contributed by atoms with E-state index in [-0.39, 0.29) is 17.9 Å². The topological polar surface area (TPSA) is 52.3 Å². The molecule has 5 heteroatoms. The van der Waals surface area contributed by atoms with Crippen molar-refractivity contribution in [3.63, 3.8) is 0 Å². The van der Waals surface area contributed by atoms with E-state index in [1.54, 1.807) is 6.92 Å². The number of hydrogen-bond acceptors (Lipinski definition) is 3. The number of carbonyl (C=O) groups excluding carboxylic acids is 1. The molecule has 0 amide bonds. The van der Waals surface area contributed by atoms with E-state index in [1.165, 1.54) is 6.92 Å². The minimum Gasteiger partial charge on any atom is -0.462 e. The van der Waals surface area contributed by atoms with Crippen molar-refractivity contribution in [1.29, 1.82) is 0 Å². The first kappa shape index (κ1) is 11.4. The molecular weight excluding hydrogens is 204 g/mol. The molecule has 0 atom stereocenters. The second-order valence-electron chi connectivity index (χ2n) is 2.98. The van der Waals surface area contributed by atoms with E-state index in [9.17, 15) is 13.6 Å². The van der Waals surface area contributed by atoms with Crippen molar-refractivity contribution in [2.24, 2.45) is 0 Å². The number of carbonyl (C=O) groups is 1. The summed E-state index contributed by atoms with van der Waals surface area (Å²) < 4.78 is 31.2. The molecule has 0 aliphatic rings. The van der Waals surface area contributed by atoms with Crippen LogP contribution in [0.3, 0.4) is 0 Å². The van der Waals surface area contributed by atoms with Gasteiger partial charge in [-0.15, -0.1) is 0 Å². The SMILES string of the molecule is CCOC(=O)c1cc(F)c(N)c(C)c1F. The number of nitrogen functional groups attached to an aromatic ring is 1. The van der Waals surface area contributed by atoms with Crippen LogP contribution in [0.25, 0.3) is 0 Å². The van der Waals surface area contributed by atoms with Crippen LogP contribution in [-0.4, -0.2) is 12.6 Å². The molecule has 1 aromatic rings. The Labute approximate surface area is 85.8 Å². The zero-order chi connectivity index (χ0) is 11.6. The monoisotopic (exact) mass is 215 g/mol. The summed E-state index contributed by atoms with van der Waals surface area (Å²) >= 11 is 0. The number of anilines is 1. The van der Waals surface area contributed by atoms with Gasteiger partial charge in [0, 0.05) is 5.56 Å². The van der Waals surface area contributed by atoms with Gasteiger partial charge in [0.25, 0.3) is 0 Å². The minimum atomic E-state index is -0.892. The Hall–Kier alpha value is -1.65. The summed E-state index contributed by atoms with van der Waals surface area (Å²) in [6.45, 7) is 2.98. The standard InChI is InChI=1S/C10H11F2NO2/c1-3-15-10(14)6-4-7(11)9(13)5(2)8(6)12/h4H,3,13H2,1-2H3. The number of nitrogens with two attached hydrogens (primary N) is 1. The third-order valence-electron chi connectivity index (χ3n) is 1.99. The van der Waals surface area contributed by atoms with Gasteiger partial charge in [-0.2, -0.15) is 0 Å². The van der Waals surface area contributed by atoms with Crippen LogP contribution in [0, 0.1) is 18.6 Å². The second kappa shape index (κ2) is 4.25. The molecule has 0 heterocycles. The Morgan fingerprint density at radius 3 is 2.67 bits per heavy atom. The molecule has 2 N–H and O–H groups in total. The zero-order valence-electron chi connectivity index (χ0n) is 8.43. The van der Waals surface area contributed by atoms with Crippen molar-refractivity contribution in [1.82, 2.24) is 0 Å². The normalized spacial score (nSPS) is 10.1. The lowest BCUT2D eigenvalue weighted by atomic mass is 10.1. The molecule has 1 rings (SSSR count). The van der Waals surface area contributed by atoms with Crippen LogP contribution in [0.2, 0.25) is 0 Å². The summed E-state index contributed by atoms with van der Waals surface area (Å²) in [7, 11) is 0. The van der Waals surface area contributed by atoms with E-state index in [1.807, 2.05) is 0 Å². The minimum absolute atomic E-state index is 0.0851. The van der Waals surface area contributed by atoms with Crippen LogP contribution in [0.15, 0.2) is 6.07 Å². The van der Waals surface area contributed by atoms with Crippen LogP contribution in [0.1, 0.15) is 22.8 Å². The number of halogens is 2. The molecule has 0 aromatic heterocycles. The largest absolute Gasteiger partial charge is 0.462 e.